The highest BCUT2D eigenvalue weighted by Crippen LogP contribution is 2.32. The number of nitrogens with one attached hydrogen (secondary N) is 2. The molecule has 0 atom stereocenters. The maximum Gasteiger partial charge on any atom is 0.241 e. The predicted octanol–water partition coefficient (Wildman–Crippen LogP) is 3.27. The maximum absolute atomic E-state index is 13.1. The van der Waals surface area contributed by atoms with E-state index in [1.807, 2.05) is 43.3 Å². The monoisotopic (exact) mass is 387 g/mol. The number of benzene rings is 2. The molecule has 0 unspecified atom stereocenters. The number of fused-ring (bicyclic) bond motifs is 1. The smallest absolute Gasteiger partial charge is 0.241 e. The molecule has 146 valence electrons. The molecule has 27 heavy (non-hydrogen) atoms. The predicted molar refractivity (Wildman–Crippen MR) is 113 cm³/mol. The summed E-state index contributed by atoms with van der Waals surface area (Å²) < 4.78 is 29.0. The van der Waals surface area contributed by atoms with Gasteiger partial charge in [0.15, 0.2) is 0 Å². The lowest BCUT2D eigenvalue weighted by molar-refractivity contribution is 0.385. The van der Waals surface area contributed by atoms with Gasteiger partial charge in [0.1, 0.15) is 0 Å². The molecule has 2 aromatic carbocycles. The second-order valence-corrected chi connectivity index (χ2v) is 10.2. The van der Waals surface area contributed by atoms with Crippen LogP contribution < -0.4 is 14.9 Å². The highest BCUT2D eigenvalue weighted by Gasteiger charge is 2.37. The van der Waals surface area contributed by atoms with Crippen molar-refractivity contribution in [2.24, 2.45) is 0 Å². The normalized spacial score (nSPS) is 18.5. The Morgan fingerprint density at radius 3 is 2.22 bits per heavy atom. The minimum absolute atomic E-state index is 0.148. The lowest BCUT2D eigenvalue weighted by atomic mass is 9.97. The summed E-state index contributed by atoms with van der Waals surface area (Å²) in [7, 11) is 0.271. The second kappa shape index (κ2) is 6.62. The molecule has 5 nitrogen and oxygen atoms in total. The first-order valence-corrected chi connectivity index (χ1v) is 10.6. The van der Waals surface area contributed by atoms with Gasteiger partial charge in [-0.05, 0) is 45.4 Å². The van der Waals surface area contributed by atoms with Gasteiger partial charge in [-0.25, -0.2) is 13.1 Å². The Morgan fingerprint density at radius 2 is 1.63 bits per heavy atom. The van der Waals surface area contributed by atoms with Crippen LogP contribution >= 0.6 is 0 Å². The molecule has 6 heteroatoms. The van der Waals surface area contributed by atoms with Crippen LogP contribution in [0.3, 0.4) is 0 Å². The van der Waals surface area contributed by atoms with Gasteiger partial charge in [-0.1, -0.05) is 30.3 Å². The molecule has 2 N–H and O–H groups in total. The Morgan fingerprint density at radius 1 is 1.00 bits per heavy atom. The summed E-state index contributed by atoms with van der Waals surface area (Å²) in [6, 6.07) is 11.2. The molecule has 0 saturated carbocycles. The molecule has 2 aromatic rings. The van der Waals surface area contributed by atoms with E-state index in [1.165, 1.54) is 0 Å². The Labute approximate surface area is 162 Å². The first-order valence-electron chi connectivity index (χ1n) is 9.13. The second-order valence-electron chi connectivity index (χ2n) is 8.49. The van der Waals surface area contributed by atoms with Crippen LogP contribution in [0, 0.1) is 0 Å². The van der Waals surface area contributed by atoms with E-state index in [9.17, 15) is 8.42 Å². The van der Waals surface area contributed by atoms with E-state index in [2.05, 4.69) is 43.8 Å². The summed E-state index contributed by atoms with van der Waals surface area (Å²) in [6.07, 6.45) is 2.11. The van der Waals surface area contributed by atoms with Gasteiger partial charge in [0.05, 0.1) is 4.90 Å². The molecule has 1 aliphatic rings. The summed E-state index contributed by atoms with van der Waals surface area (Å²) in [5.41, 5.74) is 1.65. The topological polar surface area (TPSA) is 61.4 Å². The van der Waals surface area contributed by atoms with E-state index in [0.29, 0.717) is 4.90 Å². The Hall–Kier alpha value is -1.89. The summed E-state index contributed by atoms with van der Waals surface area (Å²) in [6.45, 7) is 8.61. The third-order valence-corrected chi connectivity index (χ3v) is 6.51. The molecule has 0 amide bonds. The van der Waals surface area contributed by atoms with Gasteiger partial charge in [-0.2, -0.15) is 0 Å². The Kier molecular flexibility index (Phi) is 4.87. The zero-order valence-electron chi connectivity index (χ0n) is 16.9. The molecule has 0 bridgehead atoms. The van der Waals surface area contributed by atoms with E-state index in [4.69, 9.17) is 0 Å². The summed E-state index contributed by atoms with van der Waals surface area (Å²) >= 11 is 0. The number of hydrogen-bond acceptors (Lipinski definition) is 4. The van der Waals surface area contributed by atoms with Crippen LogP contribution in [0.25, 0.3) is 10.8 Å². The fraction of sp³-hybridized carbons (Fsp3) is 0.429. The lowest BCUT2D eigenvalue weighted by Gasteiger charge is -2.28. The van der Waals surface area contributed by atoms with Crippen LogP contribution in [-0.2, 0) is 10.0 Å². The zero-order valence-corrected chi connectivity index (χ0v) is 17.7. The minimum Gasteiger partial charge on any atom is -0.377 e. The van der Waals surface area contributed by atoms with Crippen LogP contribution in [-0.4, -0.2) is 40.1 Å². The van der Waals surface area contributed by atoms with Gasteiger partial charge in [0.2, 0.25) is 10.0 Å². The maximum atomic E-state index is 13.1. The molecule has 0 aliphatic carbocycles. The lowest BCUT2D eigenvalue weighted by Crippen LogP contribution is -2.46. The van der Waals surface area contributed by atoms with Gasteiger partial charge in [0, 0.05) is 48.2 Å². The molecule has 0 spiro atoms. The number of hydrogen-bond donors (Lipinski definition) is 2. The van der Waals surface area contributed by atoms with E-state index < -0.39 is 10.0 Å². The first kappa shape index (κ1) is 19.9. The minimum atomic E-state index is -3.64. The third kappa shape index (κ3) is 3.88. The third-order valence-electron chi connectivity index (χ3n) is 5.06. The van der Waals surface area contributed by atoms with Crippen molar-refractivity contribution < 1.29 is 8.42 Å². The number of anilines is 1. The quantitative estimate of drug-likeness (QED) is 0.773. The fourth-order valence-corrected chi connectivity index (χ4v) is 5.18. The Bertz CT molecular complexity index is 1010. The number of sulfonamides is 1. The van der Waals surface area contributed by atoms with Crippen LogP contribution in [0.5, 0.6) is 0 Å². The van der Waals surface area contributed by atoms with Gasteiger partial charge >= 0.3 is 0 Å². The molecule has 0 saturated heterocycles. The average molecular weight is 388 g/mol. The molecule has 1 aliphatic heterocycles. The Balaban J connectivity index is 1.96. The largest absolute Gasteiger partial charge is 0.377 e. The van der Waals surface area contributed by atoms with Crippen LogP contribution in [0.2, 0.25) is 0 Å². The van der Waals surface area contributed by atoms with E-state index in [0.717, 1.165) is 22.0 Å². The highest BCUT2D eigenvalue weighted by atomic mass is 32.2. The standard InChI is InChI=1S/C21H29N3O2S/c1-20(2)13-15(21(3,4)23-20)14-22-27(25,26)19-12-8-9-16-17(19)10-7-11-18(16)24(5)6/h7-13,22-23H,14H2,1-6H3. The molecule has 0 fully saturated rings. The van der Waals surface area contributed by atoms with Crippen LogP contribution in [0.15, 0.2) is 52.9 Å². The van der Waals surface area contributed by atoms with Crippen molar-refractivity contribution in [2.75, 3.05) is 25.5 Å². The van der Waals surface area contributed by atoms with Crippen molar-refractivity contribution in [1.29, 1.82) is 0 Å². The fourth-order valence-electron chi connectivity index (χ4n) is 3.95. The summed E-state index contributed by atoms with van der Waals surface area (Å²) in [5.74, 6) is 0. The molecular formula is C21H29N3O2S. The average Bonchev–Trinajstić information content (AvgIpc) is 2.78. The van der Waals surface area contributed by atoms with Crippen molar-refractivity contribution in [3.63, 3.8) is 0 Å². The number of nitrogens with zero attached hydrogens (tertiary/aromatic N) is 1. The van der Waals surface area contributed by atoms with Crippen molar-refractivity contribution in [1.82, 2.24) is 10.0 Å². The van der Waals surface area contributed by atoms with Gasteiger partial charge in [0.25, 0.3) is 0 Å². The van der Waals surface area contributed by atoms with E-state index >= 15 is 0 Å². The van der Waals surface area contributed by atoms with Crippen molar-refractivity contribution in [3.8, 4) is 0 Å². The van der Waals surface area contributed by atoms with Gasteiger partial charge < -0.3 is 4.90 Å². The zero-order chi connectivity index (χ0) is 20.0. The van der Waals surface area contributed by atoms with Crippen molar-refractivity contribution >= 4 is 26.5 Å². The number of rotatable bonds is 5. The van der Waals surface area contributed by atoms with E-state index in [-0.39, 0.29) is 17.6 Å². The van der Waals surface area contributed by atoms with Crippen LogP contribution in [0.4, 0.5) is 5.69 Å². The molecular weight excluding hydrogens is 358 g/mol. The highest BCUT2D eigenvalue weighted by molar-refractivity contribution is 7.89. The van der Waals surface area contributed by atoms with E-state index in [1.54, 1.807) is 12.1 Å². The van der Waals surface area contributed by atoms with Gasteiger partial charge in [-0.3, -0.25) is 5.32 Å². The van der Waals surface area contributed by atoms with Crippen molar-refractivity contribution in [3.05, 3.63) is 48.0 Å². The molecule has 0 radical (unpaired) electrons. The summed E-state index contributed by atoms with van der Waals surface area (Å²) in [5, 5.41) is 5.17. The summed E-state index contributed by atoms with van der Waals surface area (Å²) in [4.78, 5) is 2.30. The van der Waals surface area contributed by atoms with Crippen LogP contribution in [0.1, 0.15) is 27.7 Å². The molecule has 1 heterocycles. The van der Waals surface area contributed by atoms with Gasteiger partial charge in [-0.15, -0.1) is 0 Å². The molecule has 0 aromatic heterocycles. The SMILES string of the molecule is CN(C)c1cccc2c(S(=O)(=O)NCC3=CC(C)(C)NC3(C)C)cccc12. The molecule has 3 rings (SSSR count). The van der Waals surface area contributed by atoms with Crippen molar-refractivity contribution in [2.45, 2.75) is 43.7 Å². The first-order chi connectivity index (χ1) is 12.4.